The summed E-state index contributed by atoms with van der Waals surface area (Å²) in [6, 6.07) is 0. The van der Waals surface area contributed by atoms with Gasteiger partial charge in [0, 0.05) is 7.11 Å². The van der Waals surface area contributed by atoms with Gasteiger partial charge in [0.2, 0.25) is 0 Å². The van der Waals surface area contributed by atoms with E-state index in [1.807, 2.05) is 0 Å². The highest BCUT2D eigenvalue weighted by molar-refractivity contribution is 5.71. The lowest BCUT2D eigenvalue weighted by Gasteiger charge is -1.96. The van der Waals surface area contributed by atoms with Gasteiger partial charge in [0.1, 0.15) is 6.61 Å². The molecule has 0 saturated heterocycles. The lowest BCUT2D eigenvalue weighted by molar-refractivity contribution is -0.141. The van der Waals surface area contributed by atoms with Crippen LogP contribution in [-0.4, -0.2) is 26.3 Å². The van der Waals surface area contributed by atoms with E-state index in [0.717, 1.165) is 0 Å². The molecule has 0 aliphatic heterocycles. The van der Waals surface area contributed by atoms with E-state index in [-0.39, 0.29) is 19.0 Å². The van der Waals surface area contributed by atoms with Gasteiger partial charge in [-0.25, -0.2) is 0 Å². The van der Waals surface area contributed by atoms with E-state index in [0.29, 0.717) is 6.61 Å². The molecule has 0 rings (SSSR count). The number of carbonyl (C=O) groups is 1. The smallest absolute Gasteiger partial charge is 0.309 e. The Labute approximate surface area is 72.7 Å². The third-order valence-corrected chi connectivity index (χ3v) is 1.08. The van der Waals surface area contributed by atoms with Crippen molar-refractivity contribution in [2.24, 2.45) is 0 Å². The Bertz CT molecular complexity index is 161. The molecule has 0 spiro atoms. The number of hydrogen-bond acceptors (Lipinski definition) is 3. The molecule has 0 fully saturated rings. The molecule has 0 radical (unpaired) electrons. The zero-order chi connectivity index (χ0) is 9.23. The third-order valence-electron chi connectivity index (χ3n) is 1.08. The van der Waals surface area contributed by atoms with Crippen molar-refractivity contribution in [3.05, 3.63) is 24.8 Å². The van der Waals surface area contributed by atoms with Gasteiger partial charge in [0.25, 0.3) is 0 Å². The second-order valence-corrected chi connectivity index (χ2v) is 2.10. The molecule has 0 N–H and O–H groups in total. The summed E-state index contributed by atoms with van der Waals surface area (Å²) in [6.07, 6.45) is 5.32. The standard InChI is InChI=1S/C9H14O3/c1-3-7-12-9(10)6-4-5-8-11-2/h3-5H,1,6-8H2,2H3/b5-4+. The molecular weight excluding hydrogens is 156 g/mol. The predicted molar refractivity (Wildman–Crippen MR) is 46.8 cm³/mol. The van der Waals surface area contributed by atoms with E-state index in [9.17, 15) is 4.79 Å². The van der Waals surface area contributed by atoms with Crippen molar-refractivity contribution in [1.29, 1.82) is 0 Å². The molecule has 0 aromatic heterocycles. The summed E-state index contributed by atoms with van der Waals surface area (Å²) in [6.45, 7) is 4.22. The molecule has 0 atom stereocenters. The van der Waals surface area contributed by atoms with Crippen LogP contribution in [0, 0.1) is 0 Å². The number of carbonyl (C=O) groups excluding carboxylic acids is 1. The lowest BCUT2D eigenvalue weighted by Crippen LogP contribution is -2.02. The van der Waals surface area contributed by atoms with Crippen LogP contribution in [0.25, 0.3) is 0 Å². The fourth-order valence-corrected chi connectivity index (χ4v) is 0.555. The van der Waals surface area contributed by atoms with Crippen molar-refractivity contribution in [3.8, 4) is 0 Å². The van der Waals surface area contributed by atoms with Crippen molar-refractivity contribution in [3.63, 3.8) is 0 Å². The number of hydrogen-bond donors (Lipinski definition) is 0. The summed E-state index contributed by atoms with van der Waals surface area (Å²) in [5.74, 6) is -0.248. The Morgan fingerprint density at radius 3 is 2.75 bits per heavy atom. The second kappa shape index (κ2) is 8.01. The molecular formula is C9H14O3. The molecule has 12 heavy (non-hydrogen) atoms. The van der Waals surface area contributed by atoms with E-state index < -0.39 is 0 Å². The highest BCUT2D eigenvalue weighted by atomic mass is 16.5. The van der Waals surface area contributed by atoms with Gasteiger partial charge in [0.05, 0.1) is 13.0 Å². The Balaban J connectivity index is 3.36. The van der Waals surface area contributed by atoms with Crippen molar-refractivity contribution in [1.82, 2.24) is 0 Å². The molecule has 0 heterocycles. The SMILES string of the molecule is C=CCOC(=O)C/C=C/COC. The van der Waals surface area contributed by atoms with Gasteiger partial charge in [-0.15, -0.1) is 0 Å². The van der Waals surface area contributed by atoms with Gasteiger partial charge in [-0.05, 0) is 0 Å². The van der Waals surface area contributed by atoms with Gasteiger partial charge in [-0.1, -0.05) is 24.8 Å². The van der Waals surface area contributed by atoms with Crippen LogP contribution in [-0.2, 0) is 14.3 Å². The van der Waals surface area contributed by atoms with Crippen molar-refractivity contribution in [2.75, 3.05) is 20.3 Å². The molecule has 68 valence electrons. The number of esters is 1. The molecule has 0 bridgehead atoms. The lowest BCUT2D eigenvalue weighted by atomic mass is 10.4. The number of rotatable bonds is 6. The van der Waals surface area contributed by atoms with Crippen LogP contribution in [0.2, 0.25) is 0 Å². The first kappa shape index (κ1) is 10.9. The maximum absolute atomic E-state index is 10.8. The topological polar surface area (TPSA) is 35.5 Å². The Kier molecular flexibility index (Phi) is 7.28. The first-order valence-corrected chi connectivity index (χ1v) is 3.71. The van der Waals surface area contributed by atoms with Crippen LogP contribution >= 0.6 is 0 Å². The Morgan fingerprint density at radius 2 is 2.17 bits per heavy atom. The maximum Gasteiger partial charge on any atom is 0.309 e. The maximum atomic E-state index is 10.8. The molecule has 3 nitrogen and oxygen atoms in total. The molecule has 0 unspecified atom stereocenters. The van der Waals surface area contributed by atoms with E-state index in [1.54, 1.807) is 19.3 Å². The summed E-state index contributed by atoms with van der Waals surface area (Å²) in [5, 5.41) is 0. The minimum atomic E-state index is -0.248. The van der Waals surface area contributed by atoms with Gasteiger partial charge in [0.15, 0.2) is 0 Å². The quantitative estimate of drug-likeness (QED) is 0.445. The van der Waals surface area contributed by atoms with Crippen molar-refractivity contribution >= 4 is 5.97 Å². The Morgan fingerprint density at radius 1 is 1.42 bits per heavy atom. The predicted octanol–water partition coefficient (Wildman–Crippen LogP) is 1.31. The highest BCUT2D eigenvalue weighted by Crippen LogP contribution is 1.88. The zero-order valence-corrected chi connectivity index (χ0v) is 7.29. The largest absolute Gasteiger partial charge is 0.461 e. The Hall–Kier alpha value is -1.09. The molecule has 3 heteroatoms. The summed E-state index contributed by atoms with van der Waals surface area (Å²) >= 11 is 0. The number of ether oxygens (including phenoxy) is 2. The first-order valence-electron chi connectivity index (χ1n) is 3.71. The second-order valence-electron chi connectivity index (χ2n) is 2.10. The van der Waals surface area contributed by atoms with E-state index in [4.69, 9.17) is 9.47 Å². The fourth-order valence-electron chi connectivity index (χ4n) is 0.555. The summed E-state index contributed by atoms with van der Waals surface area (Å²) in [4.78, 5) is 10.8. The summed E-state index contributed by atoms with van der Waals surface area (Å²) in [5.41, 5.74) is 0. The van der Waals surface area contributed by atoms with E-state index in [2.05, 4.69) is 6.58 Å². The van der Waals surface area contributed by atoms with E-state index >= 15 is 0 Å². The van der Waals surface area contributed by atoms with Crippen molar-refractivity contribution < 1.29 is 14.3 Å². The molecule has 0 aromatic carbocycles. The van der Waals surface area contributed by atoms with Crippen LogP contribution in [0.1, 0.15) is 6.42 Å². The normalized spacial score (nSPS) is 10.1. The number of methoxy groups -OCH3 is 1. The highest BCUT2D eigenvalue weighted by Gasteiger charge is 1.95. The molecule has 0 aromatic rings. The minimum Gasteiger partial charge on any atom is -0.461 e. The third kappa shape index (κ3) is 7.02. The van der Waals surface area contributed by atoms with Gasteiger partial charge in [-0.3, -0.25) is 4.79 Å². The van der Waals surface area contributed by atoms with Gasteiger partial charge >= 0.3 is 5.97 Å². The van der Waals surface area contributed by atoms with Crippen LogP contribution in [0.3, 0.4) is 0 Å². The minimum absolute atomic E-state index is 0.248. The molecule has 0 amide bonds. The first-order chi connectivity index (χ1) is 5.81. The van der Waals surface area contributed by atoms with E-state index in [1.165, 1.54) is 6.08 Å². The van der Waals surface area contributed by atoms with Gasteiger partial charge < -0.3 is 9.47 Å². The van der Waals surface area contributed by atoms with Crippen LogP contribution in [0.5, 0.6) is 0 Å². The summed E-state index contributed by atoms with van der Waals surface area (Å²) < 4.78 is 9.47. The summed E-state index contributed by atoms with van der Waals surface area (Å²) in [7, 11) is 1.60. The monoisotopic (exact) mass is 170 g/mol. The fraction of sp³-hybridized carbons (Fsp3) is 0.444. The molecule has 0 aliphatic carbocycles. The zero-order valence-electron chi connectivity index (χ0n) is 7.29. The van der Waals surface area contributed by atoms with Crippen LogP contribution < -0.4 is 0 Å². The van der Waals surface area contributed by atoms with Crippen LogP contribution in [0.4, 0.5) is 0 Å². The molecule has 0 aliphatic rings. The average Bonchev–Trinajstić information content (AvgIpc) is 2.09. The average molecular weight is 170 g/mol. The molecule has 0 saturated carbocycles. The van der Waals surface area contributed by atoms with Crippen LogP contribution in [0.15, 0.2) is 24.8 Å². The van der Waals surface area contributed by atoms with Gasteiger partial charge in [-0.2, -0.15) is 0 Å². The van der Waals surface area contributed by atoms with Crippen molar-refractivity contribution in [2.45, 2.75) is 6.42 Å².